The molecule has 2 saturated heterocycles. The highest BCUT2D eigenvalue weighted by Gasteiger charge is 2.30. The molecule has 1 unspecified atom stereocenters. The van der Waals surface area contributed by atoms with Gasteiger partial charge in [-0.05, 0) is 39.1 Å². The minimum atomic E-state index is -0.435. The molecule has 0 saturated carbocycles. The fourth-order valence-electron chi connectivity index (χ4n) is 4.71. The molecule has 36 heavy (non-hydrogen) atoms. The molecule has 11 heteroatoms. The van der Waals surface area contributed by atoms with Gasteiger partial charge >= 0.3 is 0 Å². The molecule has 0 aliphatic carbocycles. The minimum Gasteiger partial charge on any atom is -0.451 e. The Labute approximate surface area is 213 Å². The zero-order valence-electron chi connectivity index (χ0n) is 20.4. The number of carbonyl (C=O) groups excluding carboxylic acids is 3. The molecular formula is C25H30N6O4S. The van der Waals surface area contributed by atoms with Crippen LogP contribution >= 0.6 is 11.3 Å². The first-order valence-electron chi connectivity index (χ1n) is 12.1. The Morgan fingerprint density at radius 3 is 2.61 bits per heavy atom. The number of benzene rings is 1. The Morgan fingerprint density at radius 2 is 1.83 bits per heavy atom. The molecule has 10 nitrogen and oxygen atoms in total. The Morgan fingerprint density at radius 1 is 1.06 bits per heavy atom. The second-order valence-corrected chi connectivity index (χ2v) is 10.4. The van der Waals surface area contributed by atoms with E-state index in [2.05, 4.69) is 20.7 Å². The molecule has 3 amide bonds. The quantitative estimate of drug-likeness (QED) is 0.516. The highest BCUT2D eigenvalue weighted by atomic mass is 32.1. The van der Waals surface area contributed by atoms with Crippen molar-refractivity contribution in [3.05, 3.63) is 52.2 Å². The van der Waals surface area contributed by atoms with Crippen LogP contribution < -0.4 is 10.9 Å². The lowest BCUT2D eigenvalue weighted by molar-refractivity contribution is -0.128. The van der Waals surface area contributed by atoms with Crippen LogP contribution in [-0.2, 0) is 4.79 Å². The number of piperazine rings is 1. The SMILES string of the molecule is CN1CCN(C)C(C(=O)NNC(=O)c2csc(C3CCN(C(=O)c4cc5ccccc5o4)CC3)n2)C1. The normalized spacial score (nSPS) is 19.9. The molecule has 2 N–H and O–H groups in total. The van der Waals surface area contributed by atoms with Crippen molar-refractivity contribution in [2.75, 3.05) is 46.8 Å². The number of hydrogen-bond donors (Lipinski definition) is 2. The first-order valence-corrected chi connectivity index (χ1v) is 13.0. The number of hydrogen-bond acceptors (Lipinski definition) is 8. The maximum atomic E-state index is 12.9. The highest BCUT2D eigenvalue weighted by Crippen LogP contribution is 2.31. The van der Waals surface area contributed by atoms with Gasteiger partial charge in [-0.2, -0.15) is 0 Å². The predicted octanol–water partition coefficient (Wildman–Crippen LogP) is 1.92. The number of likely N-dealkylation sites (tertiary alicyclic amines) is 1. The molecule has 190 valence electrons. The molecule has 3 aromatic rings. The average Bonchev–Trinajstić information content (AvgIpc) is 3.56. The second-order valence-electron chi connectivity index (χ2n) is 9.49. The van der Waals surface area contributed by atoms with E-state index in [-0.39, 0.29) is 29.5 Å². The summed E-state index contributed by atoms with van der Waals surface area (Å²) in [7, 11) is 3.88. The lowest BCUT2D eigenvalue weighted by Gasteiger charge is -2.36. The van der Waals surface area contributed by atoms with Crippen LogP contribution in [0.4, 0.5) is 0 Å². The van der Waals surface area contributed by atoms with Crippen molar-refractivity contribution in [2.45, 2.75) is 24.8 Å². The summed E-state index contributed by atoms with van der Waals surface area (Å²) >= 11 is 1.43. The second kappa shape index (κ2) is 10.4. The van der Waals surface area contributed by atoms with Crippen LogP contribution in [-0.4, -0.2) is 90.3 Å². The summed E-state index contributed by atoms with van der Waals surface area (Å²) in [4.78, 5) is 48.4. The van der Waals surface area contributed by atoms with Gasteiger partial charge in [0.15, 0.2) is 5.76 Å². The predicted molar refractivity (Wildman–Crippen MR) is 136 cm³/mol. The maximum absolute atomic E-state index is 12.9. The van der Waals surface area contributed by atoms with Gasteiger partial charge in [0.1, 0.15) is 17.3 Å². The maximum Gasteiger partial charge on any atom is 0.289 e. The van der Waals surface area contributed by atoms with Crippen molar-refractivity contribution in [1.82, 2.24) is 30.5 Å². The van der Waals surface area contributed by atoms with Gasteiger partial charge in [-0.25, -0.2) is 4.98 Å². The number of furan rings is 1. The van der Waals surface area contributed by atoms with E-state index in [9.17, 15) is 14.4 Å². The summed E-state index contributed by atoms with van der Waals surface area (Å²) in [5.74, 6) is -0.243. The van der Waals surface area contributed by atoms with Gasteiger partial charge in [0.2, 0.25) is 0 Å². The van der Waals surface area contributed by atoms with Gasteiger partial charge in [0.05, 0.1) is 5.01 Å². The third kappa shape index (κ3) is 5.13. The first-order chi connectivity index (χ1) is 17.4. The lowest BCUT2D eigenvalue weighted by Crippen LogP contribution is -2.59. The summed E-state index contributed by atoms with van der Waals surface area (Å²) in [6.07, 6.45) is 1.53. The molecule has 4 heterocycles. The van der Waals surface area contributed by atoms with Crippen molar-refractivity contribution in [3.63, 3.8) is 0 Å². The molecule has 2 aromatic heterocycles. The smallest absolute Gasteiger partial charge is 0.289 e. The number of nitrogens with zero attached hydrogens (tertiary/aromatic N) is 4. The van der Waals surface area contributed by atoms with E-state index in [1.807, 2.05) is 48.2 Å². The van der Waals surface area contributed by atoms with Crippen LogP contribution in [0.15, 0.2) is 40.1 Å². The minimum absolute atomic E-state index is 0.102. The molecule has 1 atom stereocenters. The molecule has 2 aliphatic heterocycles. The summed E-state index contributed by atoms with van der Waals surface area (Å²) in [5, 5.41) is 3.50. The third-order valence-electron chi connectivity index (χ3n) is 6.98. The van der Waals surface area contributed by atoms with Gasteiger partial charge in [-0.3, -0.25) is 30.1 Å². The fraction of sp³-hybridized carbons (Fsp3) is 0.440. The Balaban J connectivity index is 1.13. The number of piperidine rings is 1. The first kappa shape index (κ1) is 24.4. The van der Waals surface area contributed by atoms with Crippen molar-refractivity contribution in [1.29, 1.82) is 0 Å². The molecular weight excluding hydrogens is 480 g/mol. The molecule has 2 fully saturated rings. The standard InChI is InChI=1S/C25H30N6O4S/c1-29-11-12-30(2)19(14-29)23(33)28-27-22(32)18-15-36-24(26-18)16-7-9-31(10-8-16)25(34)21-13-17-5-3-4-6-20(17)35-21/h3-6,13,15-16,19H,7-12,14H2,1-2H3,(H,27,32)(H,28,33). The molecule has 5 rings (SSSR count). The van der Waals surface area contributed by atoms with Crippen LogP contribution in [0.3, 0.4) is 0 Å². The van der Waals surface area contributed by atoms with Crippen LogP contribution in [0.1, 0.15) is 44.8 Å². The zero-order chi connectivity index (χ0) is 25.2. The molecule has 0 bridgehead atoms. The van der Waals surface area contributed by atoms with Crippen LogP contribution in [0.2, 0.25) is 0 Å². The number of para-hydroxylation sites is 1. The summed E-state index contributed by atoms with van der Waals surface area (Å²) in [5.41, 5.74) is 6.02. The number of carbonyl (C=O) groups is 3. The van der Waals surface area contributed by atoms with Gasteiger partial charge in [-0.1, -0.05) is 18.2 Å². The summed E-state index contributed by atoms with van der Waals surface area (Å²) < 4.78 is 5.73. The van der Waals surface area contributed by atoms with E-state index >= 15 is 0 Å². The number of hydrazine groups is 1. The van der Waals surface area contributed by atoms with E-state index in [4.69, 9.17) is 4.42 Å². The van der Waals surface area contributed by atoms with E-state index in [0.717, 1.165) is 36.3 Å². The van der Waals surface area contributed by atoms with Crippen LogP contribution in [0, 0.1) is 0 Å². The van der Waals surface area contributed by atoms with Crippen LogP contribution in [0.25, 0.3) is 11.0 Å². The van der Waals surface area contributed by atoms with Gasteiger partial charge in [0.25, 0.3) is 17.7 Å². The third-order valence-corrected chi connectivity index (χ3v) is 7.98. The van der Waals surface area contributed by atoms with E-state index in [1.165, 1.54) is 11.3 Å². The van der Waals surface area contributed by atoms with Crippen molar-refractivity contribution in [3.8, 4) is 0 Å². The van der Waals surface area contributed by atoms with E-state index < -0.39 is 5.91 Å². The lowest BCUT2D eigenvalue weighted by atomic mass is 9.97. The highest BCUT2D eigenvalue weighted by molar-refractivity contribution is 7.09. The van der Waals surface area contributed by atoms with Crippen molar-refractivity contribution in [2.24, 2.45) is 0 Å². The Kier molecular flexibility index (Phi) is 7.04. The number of nitrogens with one attached hydrogen (secondary N) is 2. The van der Waals surface area contributed by atoms with Crippen molar-refractivity contribution >= 4 is 40.0 Å². The number of aromatic nitrogens is 1. The number of fused-ring (bicyclic) bond motifs is 1. The Hall–Kier alpha value is -3.28. The van der Waals surface area contributed by atoms with E-state index in [1.54, 1.807) is 11.4 Å². The van der Waals surface area contributed by atoms with Crippen molar-refractivity contribution < 1.29 is 18.8 Å². The fourth-order valence-corrected chi connectivity index (χ4v) is 5.68. The topological polar surface area (TPSA) is 111 Å². The van der Waals surface area contributed by atoms with Gasteiger partial charge < -0.3 is 14.2 Å². The number of amides is 3. The average molecular weight is 511 g/mol. The largest absolute Gasteiger partial charge is 0.451 e. The van der Waals surface area contributed by atoms with Gasteiger partial charge in [-0.15, -0.1) is 11.3 Å². The summed E-state index contributed by atoms with van der Waals surface area (Å²) in [6, 6.07) is 9.06. The van der Waals surface area contributed by atoms with Gasteiger partial charge in [0, 0.05) is 49.4 Å². The molecule has 0 radical (unpaired) electrons. The molecule has 2 aliphatic rings. The number of likely N-dealkylation sites (N-methyl/N-ethyl adjacent to an activating group) is 2. The van der Waals surface area contributed by atoms with E-state index in [0.29, 0.717) is 31.0 Å². The number of rotatable bonds is 4. The zero-order valence-corrected chi connectivity index (χ0v) is 21.2. The Bertz CT molecular complexity index is 1230. The van der Waals surface area contributed by atoms with Crippen LogP contribution in [0.5, 0.6) is 0 Å². The molecule has 0 spiro atoms. The monoisotopic (exact) mass is 510 g/mol. The summed E-state index contributed by atoms with van der Waals surface area (Å²) in [6.45, 7) is 3.50. The molecule has 1 aromatic carbocycles. The number of thiazole rings is 1.